The summed E-state index contributed by atoms with van der Waals surface area (Å²) in [6.45, 7) is 0.431. The third-order valence-electron chi connectivity index (χ3n) is 6.43. The van der Waals surface area contributed by atoms with E-state index in [1.165, 1.54) is 33.5 Å². The fourth-order valence-corrected chi connectivity index (χ4v) is 7.16. The quantitative estimate of drug-likeness (QED) is 0.332. The molecular weight excluding hydrogens is 460 g/mol. The van der Waals surface area contributed by atoms with Crippen molar-refractivity contribution in [2.75, 3.05) is 5.32 Å². The lowest BCUT2D eigenvalue weighted by atomic mass is 9.95. The minimum atomic E-state index is -0.789. The number of anilines is 1. The van der Waals surface area contributed by atoms with Crippen molar-refractivity contribution >= 4 is 34.4 Å². The van der Waals surface area contributed by atoms with E-state index in [2.05, 4.69) is 22.1 Å². The van der Waals surface area contributed by atoms with Crippen molar-refractivity contribution in [2.24, 2.45) is 0 Å². The zero-order valence-electron chi connectivity index (χ0n) is 17.7. The van der Waals surface area contributed by atoms with Crippen LogP contribution < -0.4 is 5.32 Å². The minimum absolute atomic E-state index is 0.0291. The van der Waals surface area contributed by atoms with Gasteiger partial charge in [0.1, 0.15) is 22.7 Å². The molecule has 1 aromatic carbocycles. The van der Waals surface area contributed by atoms with E-state index in [9.17, 15) is 13.6 Å². The molecule has 4 heterocycles. The number of aromatic nitrogens is 1. The molecular formula is C25H21F2N3OS2. The van der Waals surface area contributed by atoms with Gasteiger partial charge in [0.05, 0.1) is 17.9 Å². The molecule has 8 heteroatoms. The summed E-state index contributed by atoms with van der Waals surface area (Å²) in [5, 5.41) is 5.87. The molecule has 3 aromatic heterocycles. The summed E-state index contributed by atoms with van der Waals surface area (Å²) in [5.41, 5.74) is 3.52. The van der Waals surface area contributed by atoms with Crippen LogP contribution >= 0.6 is 22.7 Å². The normalized spacial score (nSPS) is 17.2. The summed E-state index contributed by atoms with van der Waals surface area (Å²) in [4.78, 5) is 17.9. The Hall–Kier alpha value is -2.97. The molecule has 6 rings (SSSR count). The Balaban J connectivity index is 1.48. The number of nitrogens with one attached hydrogen (secondary N) is 1. The van der Waals surface area contributed by atoms with Gasteiger partial charge in [0, 0.05) is 27.6 Å². The van der Waals surface area contributed by atoms with Gasteiger partial charge in [-0.2, -0.15) is 0 Å². The molecule has 33 heavy (non-hydrogen) atoms. The second-order valence-electron chi connectivity index (χ2n) is 8.40. The third kappa shape index (κ3) is 3.48. The van der Waals surface area contributed by atoms with Crippen molar-refractivity contribution in [3.8, 4) is 5.00 Å². The second-order valence-corrected chi connectivity index (χ2v) is 10.5. The zero-order valence-corrected chi connectivity index (χ0v) is 19.3. The van der Waals surface area contributed by atoms with Gasteiger partial charge in [-0.15, -0.1) is 22.7 Å². The second kappa shape index (κ2) is 8.11. The molecule has 0 bridgehead atoms. The van der Waals surface area contributed by atoms with E-state index < -0.39 is 17.7 Å². The number of halogens is 2. The highest BCUT2D eigenvalue weighted by atomic mass is 32.1. The van der Waals surface area contributed by atoms with Crippen LogP contribution in [0.4, 0.5) is 19.3 Å². The molecule has 1 N–H and O–H groups in total. The first-order valence-corrected chi connectivity index (χ1v) is 12.7. The maximum absolute atomic E-state index is 14.4. The van der Waals surface area contributed by atoms with Gasteiger partial charge in [-0.3, -0.25) is 0 Å². The zero-order chi connectivity index (χ0) is 22.5. The van der Waals surface area contributed by atoms with Crippen LogP contribution in [0.5, 0.6) is 0 Å². The lowest BCUT2D eigenvalue weighted by Crippen LogP contribution is -2.38. The van der Waals surface area contributed by atoms with E-state index in [-0.39, 0.29) is 11.7 Å². The first-order valence-electron chi connectivity index (χ1n) is 11.0. The SMILES string of the molecule is O=C(Nc1ccc(F)cc1F)N1Cc2c(sc3c2CCCC3)-n2cccc2[C@@H]1c1cccs1. The van der Waals surface area contributed by atoms with Gasteiger partial charge in [0.25, 0.3) is 0 Å². The van der Waals surface area contributed by atoms with Crippen LogP contribution in [0.3, 0.4) is 0 Å². The number of hydrogen-bond acceptors (Lipinski definition) is 3. The molecule has 1 aliphatic heterocycles. The highest BCUT2D eigenvalue weighted by Gasteiger charge is 2.36. The van der Waals surface area contributed by atoms with Gasteiger partial charge < -0.3 is 14.8 Å². The van der Waals surface area contributed by atoms with Crippen LogP contribution in [-0.2, 0) is 19.4 Å². The summed E-state index contributed by atoms with van der Waals surface area (Å²) in [5.74, 6) is -1.47. The Morgan fingerprint density at radius 3 is 2.76 bits per heavy atom. The topological polar surface area (TPSA) is 37.3 Å². The molecule has 168 valence electrons. The fourth-order valence-electron chi connectivity index (χ4n) is 4.91. The molecule has 0 fully saturated rings. The predicted octanol–water partition coefficient (Wildman–Crippen LogP) is 6.89. The van der Waals surface area contributed by atoms with Gasteiger partial charge in [0.2, 0.25) is 0 Å². The summed E-state index contributed by atoms with van der Waals surface area (Å²) in [7, 11) is 0. The van der Waals surface area contributed by atoms with E-state index in [1.807, 2.05) is 34.9 Å². The molecule has 0 saturated carbocycles. The molecule has 2 aliphatic rings. The van der Waals surface area contributed by atoms with E-state index in [0.29, 0.717) is 6.54 Å². The number of amides is 2. The lowest BCUT2D eigenvalue weighted by Gasteiger charge is -2.30. The van der Waals surface area contributed by atoms with Gasteiger partial charge in [-0.1, -0.05) is 6.07 Å². The molecule has 0 unspecified atom stereocenters. The van der Waals surface area contributed by atoms with Crippen LogP contribution in [0, 0.1) is 11.6 Å². The number of carbonyl (C=O) groups is 1. The number of thiophene rings is 2. The average Bonchev–Trinajstić information content (AvgIpc) is 3.55. The van der Waals surface area contributed by atoms with E-state index in [4.69, 9.17) is 0 Å². The number of rotatable bonds is 2. The Kier molecular flexibility index (Phi) is 5.07. The number of aryl methyl sites for hydroxylation is 1. The number of fused-ring (bicyclic) bond motifs is 5. The largest absolute Gasteiger partial charge is 0.323 e. The van der Waals surface area contributed by atoms with Crippen LogP contribution in [0.15, 0.2) is 54.0 Å². The third-order valence-corrected chi connectivity index (χ3v) is 8.68. The van der Waals surface area contributed by atoms with Crippen molar-refractivity contribution < 1.29 is 13.6 Å². The standard InChI is InChI=1S/C25H21F2N3OS2/c26-15-9-10-19(18(27)13-15)28-25(31)30-14-17-16-5-1-2-7-21(16)33-24(17)29-11-3-6-20(29)23(30)22-8-4-12-32-22/h3-4,6,8-13,23H,1-2,5,7,14H2,(H,28,31)/t23-/m1/s1. The van der Waals surface area contributed by atoms with Crippen molar-refractivity contribution in [1.29, 1.82) is 0 Å². The van der Waals surface area contributed by atoms with Gasteiger partial charge in [-0.25, -0.2) is 13.6 Å². The number of carbonyl (C=O) groups excluding carboxylic acids is 1. The monoisotopic (exact) mass is 481 g/mol. The molecule has 2 amide bonds. The summed E-state index contributed by atoms with van der Waals surface area (Å²) in [6.07, 6.45) is 6.50. The molecule has 4 aromatic rings. The molecule has 0 saturated heterocycles. The molecule has 4 nitrogen and oxygen atoms in total. The average molecular weight is 482 g/mol. The van der Waals surface area contributed by atoms with Crippen LogP contribution in [0.1, 0.15) is 45.5 Å². The minimum Gasteiger partial charge on any atom is -0.310 e. The molecule has 1 atom stereocenters. The Bertz CT molecular complexity index is 1340. The smallest absolute Gasteiger partial charge is 0.310 e. The number of benzene rings is 1. The Morgan fingerprint density at radius 1 is 1.06 bits per heavy atom. The maximum atomic E-state index is 14.4. The molecule has 1 aliphatic carbocycles. The van der Waals surface area contributed by atoms with Crippen LogP contribution in [0.25, 0.3) is 5.00 Å². The number of nitrogens with zero attached hydrogens (tertiary/aromatic N) is 2. The lowest BCUT2D eigenvalue weighted by molar-refractivity contribution is 0.195. The highest BCUT2D eigenvalue weighted by molar-refractivity contribution is 7.15. The van der Waals surface area contributed by atoms with Crippen molar-refractivity contribution in [1.82, 2.24) is 9.47 Å². The summed E-state index contributed by atoms with van der Waals surface area (Å²) in [6, 6.07) is 10.5. The fraction of sp³-hybridized carbons (Fsp3) is 0.240. The van der Waals surface area contributed by atoms with Gasteiger partial charge >= 0.3 is 6.03 Å². The van der Waals surface area contributed by atoms with Crippen LogP contribution in [-0.4, -0.2) is 15.5 Å². The Labute approximate surface area is 198 Å². The number of hydrogen-bond donors (Lipinski definition) is 1. The predicted molar refractivity (Wildman–Crippen MR) is 127 cm³/mol. The first kappa shape index (κ1) is 20.6. The summed E-state index contributed by atoms with van der Waals surface area (Å²) < 4.78 is 30.0. The van der Waals surface area contributed by atoms with E-state index >= 15 is 0 Å². The molecule has 0 spiro atoms. The van der Waals surface area contributed by atoms with Gasteiger partial charge in [0.15, 0.2) is 0 Å². The van der Waals surface area contributed by atoms with E-state index in [0.717, 1.165) is 42.0 Å². The Morgan fingerprint density at radius 2 is 1.94 bits per heavy atom. The van der Waals surface area contributed by atoms with Crippen molar-refractivity contribution in [3.05, 3.63) is 92.3 Å². The van der Waals surface area contributed by atoms with E-state index in [1.54, 1.807) is 16.2 Å². The number of urea groups is 1. The maximum Gasteiger partial charge on any atom is 0.323 e. The van der Waals surface area contributed by atoms with Crippen LogP contribution in [0.2, 0.25) is 0 Å². The van der Waals surface area contributed by atoms with Crippen molar-refractivity contribution in [3.63, 3.8) is 0 Å². The highest BCUT2D eigenvalue weighted by Crippen LogP contribution is 2.44. The van der Waals surface area contributed by atoms with Gasteiger partial charge in [-0.05, 0) is 67.0 Å². The first-order chi connectivity index (χ1) is 16.1. The molecule has 0 radical (unpaired) electrons. The van der Waals surface area contributed by atoms with Crippen molar-refractivity contribution in [2.45, 2.75) is 38.3 Å². The summed E-state index contributed by atoms with van der Waals surface area (Å²) >= 11 is 3.42.